The maximum atomic E-state index is 12.3. The lowest BCUT2D eigenvalue weighted by molar-refractivity contribution is 0.607. The molecule has 0 saturated heterocycles. The molecule has 0 bridgehead atoms. The SMILES string of the molecule is Cc1cccc2cc3cc4c(=O)c(N)c(C#N)cc-4oc3nc12. The van der Waals surface area contributed by atoms with Crippen molar-refractivity contribution in [1.29, 1.82) is 5.26 Å². The van der Waals surface area contributed by atoms with E-state index in [4.69, 9.17) is 15.4 Å². The molecule has 4 rings (SSSR count). The van der Waals surface area contributed by atoms with Gasteiger partial charge < -0.3 is 10.2 Å². The van der Waals surface area contributed by atoms with Crippen LogP contribution in [0.5, 0.6) is 0 Å². The molecule has 110 valence electrons. The summed E-state index contributed by atoms with van der Waals surface area (Å²) >= 11 is 0. The van der Waals surface area contributed by atoms with Crippen molar-refractivity contribution < 1.29 is 4.42 Å². The third-order valence-electron chi connectivity index (χ3n) is 3.99. The topological polar surface area (TPSA) is 92.9 Å². The van der Waals surface area contributed by atoms with Crippen LogP contribution in [-0.2, 0) is 0 Å². The van der Waals surface area contributed by atoms with E-state index in [0.29, 0.717) is 17.0 Å². The van der Waals surface area contributed by atoms with Crippen LogP contribution in [0.1, 0.15) is 11.1 Å². The predicted octanol–water partition coefficient (Wildman–Crippen LogP) is 3.21. The second kappa shape index (κ2) is 4.55. The van der Waals surface area contributed by atoms with Gasteiger partial charge in [0.1, 0.15) is 11.8 Å². The van der Waals surface area contributed by atoms with Gasteiger partial charge in [0.05, 0.1) is 22.3 Å². The summed E-state index contributed by atoms with van der Waals surface area (Å²) in [5.41, 5.74) is 8.05. The molecule has 23 heavy (non-hydrogen) atoms. The Labute approximate surface area is 130 Å². The summed E-state index contributed by atoms with van der Waals surface area (Å²) in [6.07, 6.45) is 0. The molecular formula is C18H11N3O2. The molecule has 0 fully saturated rings. The van der Waals surface area contributed by atoms with Crippen molar-refractivity contribution in [2.45, 2.75) is 6.92 Å². The lowest BCUT2D eigenvalue weighted by Gasteiger charge is -2.09. The second-order valence-electron chi connectivity index (χ2n) is 5.47. The highest BCUT2D eigenvalue weighted by atomic mass is 16.3. The number of nitrogens with zero attached hydrogens (tertiary/aromatic N) is 2. The Balaban J connectivity index is 2.18. The number of nitriles is 1. The maximum Gasteiger partial charge on any atom is 0.227 e. The van der Waals surface area contributed by atoms with Crippen LogP contribution in [0.4, 0.5) is 5.69 Å². The monoisotopic (exact) mass is 301 g/mol. The molecule has 5 heteroatoms. The van der Waals surface area contributed by atoms with Crippen LogP contribution in [0.25, 0.3) is 33.3 Å². The Morgan fingerprint density at radius 2 is 2.04 bits per heavy atom. The largest absolute Gasteiger partial charge is 0.438 e. The lowest BCUT2D eigenvalue weighted by atomic mass is 10.0. The molecular weight excluding hydrogens is 290 g/mol. The molecule has 2 heterocycles. The van der Waals surface area contributed by atoms with Gasteiger partial charge >= 0.3 is 0 Å². The molecule has 0 spiro atoms. The van der Waals surface area contributed by atoms with Gasteiger partial charge in [-0.05, 0) is 24.6 Å². The zero-order chi connectivity index (χ0) is 16.1. The number of fused-ring (bicyclic) bond motifs is 3. The smallest absolute Gasteiger partial charge is 0.227 e. The molecule has 0 unspecified atom stereocenters. The summed E-state index contributed by atoms with van der Waals surface area (Å²) < 4.78 is 5.77. The number of nitrogens with two attached hydrogens (primary N) is 1. The van der Waals surface area contributed by atoms with Gasteiger partial charge in [-0.1, -0.05) is 18.2 Å². The molecule has 0 atom stereocenters. The number of para-hydroxylation sites is 1. The summed E-state index contributed by atoms with van der Waals surface area (Å²) in [6.45, 7) is 1.98. The number of aryl methyl sites for hydroxylation is 1. The number of pyridine rings is 1. The molecule has 1 aliphatic heterocycles. The predicted molar refractivity (Wildman–Crippen MR) is 88.3 cm³/mol. The number of benzene rings is 2. The Hall–Kier alpha value is -3.39. The fourth-order valence-electron chi connectivity index (χ4n) is 2.77. The van der Waals surface area contributed by atoms with Crippen molar-refractivity contribution in [2.24, 2.45) is 0 Å². The Morgan fingerprint density at radius 3 is 2.83 bits per heavy atom. The van der Waals surface area contributed by atoms with Crippen LogP contribution in [-0.4, -0.2) is 4.98 Å². The van der Waals surface area contributed by atoms with E-state index >= 15 is 0 Å². The highest BCUT2D eigenvalue weighted by Gasteiger charge is 2.17. The van der Waals surface area contributed by atoms with E-state index in [1.54, 1.807) is 6.07 Å². The van der Waals surface area contributed by atoms with Crippen molar-refractivity contribution in [3.63, 3.8) is 0 Å². The van der Waals surface area contributed by atoms with Crippen LogP contribution in [0, 0.1) is 18.3 Å². The van der Waals surface area contributed by atoms with Gasteiger partial charge in [0.15, 0.2) is 0 Å². The van der Waals surface area contributed by atoms with E-state index in [2.05, 4.69) is 4.98 Å². The van der Waals surface area contributed by atoms with Gasteiger partial charge in [0, 0.05) is 16.8 Å². The molecule has 0 radical (unpaired) electrons. The highest BCUT2D eigenvalue weighted by Crippen LogP contribution is 2.29. The summed E-state index contributed by atoms with van der Waals surface area (Å²) in [5.74, 6) is 0.314. The quantitative estimate of drug-likeness (QED) is 0.397. The van der Waals surface area contributed by atoms with Crippen molar-refractivity contribution in [1.82, 2.24) is 4.98 Å². The standard InChI is InChI=1S/C18H11N3O2/c1-9-3-2-4-10-5-11-6-13-14(23-18(11)21-16(9)10)7-12(8-19)15(20)17(13)22/h2-7H,20H2,1H3. The second-order valence-corrected chi connectivity index (χ2v) is 5.47. The number of anilines is 1. The molecule has 2 N–H and O–H groups in total. The fraction of sp³-hybridized carbons (Fsp3) is 0.0556. The molecule has 0 saturated carbocycles. The van der Waals surface area contributed by atoms with Gasteiger partial charge in [-0.25, -0.2) is 4.98 Å². The third-order valence-corrected chi connectivity index (χ3v) is 3.99. The summed E-state index contributed by atoms with van der Waals surface area (Å²) in [7, 11) is 0. The minimum atomic E-state index is -0.394. The van der Waals surface area contributed by atoms with Crippen molar-refractivity contribution >= 4 is 27.7 Å². The Bertz CT molecular complexity index is 1170. The number of rotatable bonds is 0. The van der Waals surface area contributed by atoms with E-state index in [9.17, 15) is 4.79 Å². The Morgan fingerprint density at radius 1 is 1.22 bits per heavy atom. The van der Waals surface area contributed by atoms with E-state index in [1.165, 1.54) is 6.07 Å². The normalized spacial score (nSPS) is 11.1. The van der Waals surface area contributed by atoms with Gasteiger partial charge in [0.25, 0.3) is 0 Å². The van der Waals surface area contributed by atoms with E-state index in [0.717, 1.165) is 21.9 Å². The number of hydrogen-bond acceptors (Lipinski definition) is 5. The first-order chi connectivity index (χ1) is 11.1. The van der Waals surface area contributed by atoms with Gasteiger partial charge in [0.2, 0.25) is 11.1 Å². The minimum absolute atomic E-state index is 0.0563. The first-order valence-electron chi connectivity index (χ1n) is 7.05. The van der Waals surface area contributed by atoms with Gasteiger partial charge in [-0.3, -0.25) is 4.79 Å². The van der Waals surface area contributed by atoms with Gasteiger partial charge in [-0.15, -0.1) is 0 Å². The highest BCUT2D eigenvalue weighted by molar-refractivity contribution is 5.94. The van der Waals surface area contributed by atoms with Crippen LogP contribution < -0.4 is 11.2 Å². The average molecular weight is 301 g/mol. The van der Waals surface area contributed by atoms with Crippen molar-refractivity contribution in [2.75, 3.05) is 5.73 Å². The maximum absolute atomic E-state index is 12.3. The molecule has 1 aromatic carbocycles. The molecule has 5 nitrogen and oxygen atoms in total. The summed E-state index contributed by atoms with van der Waals surface area (Å²) in [6, 6.07) is 12.9. The molecule has 0 amide bonds. The van der Waals surface area contributed by atoms with Crippen molar-refractivity contribution in [3.05, 3.63) is 57.7 Å². The minimum Gasteiger partial charge on any atom is -0.438 e. The first-order valence-corrected chi connectivity index (χ1v) is 7.05. The van der Waals surface area contributed by atoms with Gasteiger partial charge in [-0.2, -0.15) is 5.26 Å². The van der Waals surface area contributed by atoms with E-state index in [1.807, 2.05) is 37.3 Å². The average Bonchev–Trinajstić information content (AvgIpc) is 2.56. The van der Waals surface area contributed by atoms with Crippen molar-refractivity contribution in [3.8, 4) is 17.4 Å². The zero-order valence-electron chi connectivity index (χ0n) is 12.3. The summed E-state index contributed by atoms with van der Waals surface area (Å²) in [4.78, 5) is 16.9. The number of nitrogen functional groups attached to an aromatic ring is 1. The molecule has 1 aromatic heterocycles. The van der Waals surface area contributed by atoms with Crippen LogP contribution >= 0.6 is 0 Å². The molecule has 2 aromatic rings. The third kappa shape index (κ3) is 1.86. The van der Waals surface area contributed by atoms with E-state index < -0.39 is 5.43 Å². The number of aromatic nitrogens is 1. The van der Waals surface area contributed by atoms with Crippen LogP contribution in [0.3, 0.4) is 0 Å². The van der Waals surface area contributed by atoms with E-state index in [-0.39, 0.29) is 11.3 Å². The number of hydrogen-bond donors (Lipinski definition) is 1. The Kier molecular flexibility index (Phi) is 2.63. The summed E-state index contributed by atoms with van der Waals surface area (Å²) in [5, 5.41) is 10.8. The first kappa shape index (κ1) is 13.3. The van der Waals surface area contributed by atoms with Crippen LogP contribution in [0.15, 0.2) is 45.6 Å². The lowest BCUT2D eigenvalue weighted by Crippen LogP contribution is -2.13. The molecule has 1 aliphatic carbocycles. The fourth-order valence-corrected chi connectivity index (χ4v) is 2.77. The van der Waals surface area contributed by atoms with Crippen LogP contribution in [0.2, 0.25) is 0 Å². The molecule has 2 aliphatic rings. The zero-order valence-corrected chi connectivity index (χ0v) is 12.3.